The molecule has 1 unspecified atom stereocenters. The summed E-state index contributed by atoms with van der Waals surface area (Å²) in [6.45, 7) is 5.76. The molecular formula is C19H34Cl2O6P2. The molecule has 0 bridgehead atoms. The Morgan fingerprint density at radius 3 is 1.41 bits per heavy atom. The summed E-state index contributed by atoms with van der Waals surface area (Å²) < 4.78 is 38.9. The van der Waals surface area contributed by atoms with Gasteiger partial charge in [0.15, 0.2) is 0 Å². The van der Waals surface area contributed by atoms with Crippen molar-refractivity contribution in [1.29, 1.82) is 0 Å². The van der Waals surface area contributed by atoms with Gasteiger partial charge >= 0.3 is 19.0 Å². The molecule has 6 nitrogen and oxygen atoms in total. The fourth-order valence-electron chi connectivity index (χ4n) is 2.00. The third-order valence-electron chi connectivity index (χ3n) is 3.52. The molecule has 0 spiro atoms. The smallest absolute Gasteiger partial charge is 0.322 e. The van der Waals surface area contributed by atoms with Gasteiger partial charge in [0.05, 0.1) is 19.8 Å². The molecule has 1 N–H and O–H groups in total. The maximum atomic E-state index is 13.3. The average Bonchev–Trinajstić information content (AvgIpc) is 2.67. The second-order valence-corrected chi connectivity index (χ2v) is 12.9. The average molecular weight is 491 g/mol. The minimum absolute atomic E-state index is 0.0288. The van der Waals surface area contributed by atoms with Gasteiger partial charge in [0, 0.05) is 0 Å². The molecule has 29 heavy (non-hydrogen) atoms. The minimum atomic E-state index is -4.74. The van der Waals surface area contributed by atoms with Gasteiger partial charge in [-0.25, -0.2) is 0 Å². The van der Waals surface area contributed by atoms with Gasteiger partial charge in [0.25, 0.3) is 0 Å². The van der Waals surface area contributed by atoms with Gasteiger partial charge in [0.2, 0.25) is 0 Å². The minimum Gasteiger partial charge on any atom is -0.322 e. The fourth-order valence-corrected chi connectivity index (χ4v) is 6.23. The van der Waals surface area contributed by atoms with Gasteiger partial charge in [-0.05, 0) is 38.5 Å². The Morgan fingerprint density at radius 2 is 1.07 bits per heavy atom. The van der Waals surface area contributed by atoms with Crippen LogP contribution in [-0.4, -0.2) is 28.5 Å². The highest BCUT2D eigenvalue weighted by Gasteiger charge is 2.63. The van der Waals surface area contributed by atoms with E-state index in [1.54, 1.807) is 6.08 Å². The van der Waals surface area contributed by atoms with Gasteiger partial charge < -0.3 is 18.5 Å². The van der Waals surface area contributed by atoms with Crippen molar-refractivity contribution in [2.24, 2.45) is 0 Å². The van der Waals surface area contributed by atoms with Crippen molar-refractivity contribution in [2.45, 2.75) is 63.1 Å². The SMILES string of the molecule is CCC=CCCOP(=O)(O)C(Cl)(Cl)P(=O)(OCCC=CCC)OCCC=CCC. The van der Waals surface area contributed by atoms with Crippen molar-refractivity contribution >= 4 is 38.4 Å². The predicted octanol–water partition coefficient (Wildman–Crippen LogP) is 7.57. The first kappa shape index (κ1) is 29.1. The Balaban J connectivity index is 5.25. The molecule has 0 aromatic heterocycles. The van der Waals surface area contributed by atoms with E-state index in [0.29, 0.717) is 19.3 Å². The molecule has 1 atom stereocenters. The van der Waals surface area contributed by atoms with E-state index in [-0.39, 0.29) is 19.8 Å². The first-order chi connectivity index (χ1) is 13.7. The molecule has 170 valence electrons. The lowest BCUT2D eigenvalue weighted by molar-refractivity contribution is 0.202. The lowest BCUT2D eigenvalue weighted by Crippen LogP contribution is -2.20. The summed E-state index contributed by atoms with van der Waals surface area (Å²) in [6.07, 6.45) is 15.0. The zero-order valence-corrected chi connectivity index (χ0v) is 20.8. The van der Waals surface area contributed by atoms with Crippen LogP contribution in [0, 0.1) is 0 Å². The molecule has 0 saturated carbocycles. The van der Waals surface area contributed by atoms with E-state index in [2.05, 4.69) is 0 Å². The summed E-state index contributed by atoms with van der Waals surface area (Å²) in [7, 11) is -9.14. The molecular weight excluding hydrogens is 457 g/mol. The molecule has 0 aromatic carbocycles. The van der Waals surface area contributed by atoms with Gasteiger partial charge in [-0.1, -0.05) is 80.4 Å². The van der Waals surface area contributed by atoms with Crippen molar-refractivity contribution in [3.63, 3.8) is 0 Å². The second kappa shape index (κ2) is 15.8. The highest BCUT2D eigenvalue weighted by molar-refractivity contribution is 7.79. The highest BCUT2D eigenvalue weighted by Crippen LogP contribution is 2.80. The zero-order chi connectivity index (χ0) is 22.2. The quantitative estimate of drug-likeness (QED) is 0.0978. The number of hydrogen-bond donors (Lipinski definition) is 1. The molecule has 0 fully saturated rings. The van der Waals surface area contributed by atoms with Crippen LogP contribution in [-0.2, 0) is 22.7 Å². The summed E-state index contributed by atoms with van der Waals surface area (Å²) in [5, 5.41) is 0. The summed E-state index contributed by atoms with van der Waals surface area (Å²) in [4.78, 5) is 10.3. The standard InChI is InChI=1S/C19H34Cl2O6P2/c1-4-7-10-13-16-25-28(22,23)19(20,21)29(24,26-17-14-11-8-5-2)27-18-15-12-9-6-3/h7-12H,4-6,13-18H2,1-3H3,(H,22,23). The van der Waals surface area contributed by atoms with Crippen LogP contribution in [0.1, 0.15) is 59.3 Å². The molecule has 0 heterocycles. The fraction of sp³-hybridized carbons (Fsp3) is 0.684. The van der Waals surface area contributed by atoms with Crippen molar-refractivity contribution in [2.75, 3.05) is 19.8 Å². The van der Waals surface area contributed by atoms with Gasteiger partial charge in [0.1, 0.15) is 0 Å². The third-order valence-corrected chi connectivity index (χ3v) is 10.5. The molecule has 0 radical (unpaired) electrons. The van der Waals surface area contributed by atoms with E-state index in [1.807, 2.05) is 51.2 Å². The van der Waals surface area contributed by atoms with Crippen molar-refractivity contribution in [1.82, 2.24) is 0 Å². The zero-order valence-electron chi connectivity index (χ0n) is 17.5. The number of halogens is 2. The first-order valence-electron chi connectivity index (χ1n) is 9.87. The van der Waals surface area contributed by atoms with Gasteiger partial charge in [-0.2, -0.15) is 0 Å². The second-order valence-electron chi connectivity index (χ2n) is 6.03. The Labute approximate surface area is 185 Å². The van der Waals surface area contributed by atoms with E-state index in [9.17, 15) is 14.0 Å². The van der Waals surface area contributed by atoms with E-state index in [0.717, 1.165) is 19.3 Å². The number of hydrogen-bond acceptors (Lipinski definition) is 5. The Kier molecular flexibility index (Phi) is 15.9. The number of rotatable bonds is 17. The van der Waals surface area contributed by atoms with Gasteiger partial charge in [-0.15, -0.1) is 0 Å². The van der Waals surface area contributed by atoms with E-state index >= 15 is 0 Å². The van der Waals surface area contributed by atoms with E-state index in [1.165, 1.54) is 0 Å². The molecule has 0 aliphatic carbocycles. The monoisotopic (exact) mass is 490 g/mol. The van der Waals surface area contributed by atoms with E-state index in [4.69, 9.17) is 36.8 Å². The maximum Gasteiger partial charge on any atom is 0.379 e. The van der Waals surface area contributed by atoms with Crippen molar-refractivity contribution in [3.8, 4) is 0 Å². The lowest BCUT2D eigenvalue weighted by Gasteiger charge is -2.31. The summed E-state index contributed by atoms with van der Waals surface area (Å²) in [5.74, 6) is 0. The molecule has 0 aliphatic heterocycles. The topological polar surface area (TPSA) is 82.1 Å². The molecule has 0 aliphatic rings. The maximum absolute atomic E-state index is 13.3. The summed E-state index contributed by atoms with van der Waals surface area (Å²) in [5.41, 5.74) is 0. The van der Waals surface area contributed by atoms with Crippen LogP contribution in [0.25, 0.3) is 0 Å². The van der Waals surface area contributed by atoms with Crippen molar-refractivity contribution < 1.29 is 27.6 Å². The highest BCUT2D eigenvalue weighted by atomic mass is 35.5. The molecule has 0 aromatic rings. The normalized spacial score (nSPS) is 17.3. The molecule has 0 rings (SSSR count). The summed E-state index contributed by atoms with van der Waals surface area (Å²) in [6, 6.07) is 0. The Hall–Kier alpha value is 0.1000. The molecule has 10 heteroatoms. The van der Waals surface area contributed by atoms with Crippen molar-refractivity contribution in [3.05, 3.63) is 36.5 Å². The van der Waals surface area contributed by atoms with Crippen LogP contribution in [0.4, 0.5) is 0 Å². The van der Waals surface area contributed by atoms with Crippen LogP contribution in [0.5, 0.6) is 0 Å². The van der Waals surface area contributed by atoms with Crippen LogP contribution in [0.3, 0.4) is 0 Å². The number of alkyl halides is 2. The predicted molar refractivity (Wildman–Crippen MR) is 122 cm³/mol. The molecule has 0 amide bonds. The van der Waals surface area contributed by atoms with E-state index < -0.39 is 19.0 Å². The lowest BCUT2D eigenvalue weighted by atomic mass is 10.3. The largest absolute Gasteiger partial charge is 0.379 e. The van der Waals surface area contributed by atoms with Crippen LogP contribution in [0.2, 0.25) is 0 Å². The summed E-state index contributed by atoms with van der Waals surface area (Å²) >= 11 is 12.2. The Bertz CT molecular complexity index is 596. The third kappa shape index (κ3) is 10.8. The van der Waals surface area contributed by atoms with Crippen LogP contribution in [0.15, 0.2) is 36.5 Å². The number of allylic oxidation sites excluding steroid dienone is 3. The Morgan fingerprint density at radius 1 is 0.724 bits per heavy atom. The van der Waals surface area contributed by atoms with Crippen LogP contribution >= 0.6 is 38.4 Å². The first-order valence-corrected chi connectivity index (χ1v) is 13.8. The molecule has 0 saturated heterocycles. The van der Waals surface area contributed by atoms with Crippen LogP contribution < -0.4 is 0 Å². The van der Waals surface area contributed by atoms with Gasteiger partial charge in [-0.3, -0.25) is 9.13 Å².